The van der Waals surface area contributed by atoms with Gasteiger partial charge >= 0.3 is 0 Å². The molecule has 0 aliphatic heterocycles. The van der Waals surface area contributed by atoms with Gasteiger partial charge in [-0.1, -0.05) is 37.0 Å². The first-order valence-corrected chi connectivity index (χ1v) is 5.63. The second-order valence-corrected chi connectivity index (χ2v) is 4.77. The number of carbonyl (C=O) groups excluding carboxylic acids is 1. The predicted octanol–water partition coefficient (Wildman–Crippen LogP) is 3.68. The van der Waals surface area contributed by atoms with Gasteiger partial charge in [-0.3, -0.25) is 4.79 Å². The fourth-order valence-electron chi connectivity index (χ4n) is 1.23. The molecular formula is C11H13Cl2NO2. The Kier molecular flexibility index (Phi) is 4.44. The average Bonchev–Trinajstić information content (AvgIpc) is 2.11. The molecule has 0 saturated carbocycles. The van der Waals surface area contributed by atoms with Crippen LogP contribution in [0.2, 0.25) is 10.0 Å². The number of nitrogens with one attached hydrogen (secondary N) is 1. The Bertz CT molecular complexity index is 405. The Balaban J connectivity index is 2.85. The maximum absolute atomic E-state index is 11.5. The molecule has 5 heteroatoms. The average molecular weight is 262 g/mol. The van der Waals surface area contributed by atoms with Crippen LogP contribution < -0.4 is 5.32 Å². The van der Waals surface area contributed by atoms with E-state index in [0.29, 0.717) is 11.4 Å². The molecule has 0 atom stereocenters. The van der Waals surface area contributed by atoms with Gasteiger partial charge in [0, 0.05) is 11.4 Å². The highest BCUT2D eigenvalue weighted by Gasteiger charge is 2.11. The molecule has 0 heterocycles. The molecule has 1 aromatic rings. The molecule has 0 aromatic heterocycles. The standard InChI is InChI=1S/C11H13Cl2NO2/c1-6(2)3-10(15)14-9-5-7(12)4-8(13)11(9)16/h4-6,16H,3H2,1-2H3,(H,14,15). The van der Waals surface area contributed by atoms with Gasteiger partial charge in [-0.25, -0.2) is 0 Å². The van der Waals surface area contributed by atoms with Crippen molar-refractivity contribution in [3.05, 3.63) is 22.2 Å². The molecule has 1 rings (SSSR count). The highest BCUT2D eigenvalue weighted by atomic mass is 35.5. The van der Waals surface area contributed by atoms with Crippen LogP contribution in [-0.4, -0.2) is 11.0 Å². The van der Waals surface area contributed by atoms with Crippen molar-refractivity contribution >= 4 is 34.8 Å². The lowest BCUT2D eigenvalue weighted by atomic mass is 10.1. The molecule has 0 aliphatic carbocycles. The molecule has 0 unspecified atom stereocenters. The van der Waals surface area contributed by atoms with Crippen LogP contribution in [0.4, 0.5) is 5.69 Å². The fourth-order valence-corrected chi connectivity index (χ4v) is 1.73. The van der Waals surface area contributed by atoms with E-state index in [4.69, 9.17) is 23.2 Å². The van der Waals surface area contributed by atoms with Crippen LogP contribution >= 0.6 is 23.2 Å². The molecule has 0 fully saturated rings. The van der Waals surface area contributed by atoms with Crippen LogP contribution in [-0.2, 0) is 4.79 Å². The molecule has 2 N–H and O–H groups in total. The van der Waals surface area contributed by atoms with Gasteiger partial charge in [0.05, 0.1) is 10.7 Å². The van der Waals surface area contributed by atoms with Crippen molar-refractivity contribution in [3.8, 4) is 5.75 Å². The minimum Gasteiger partial charge on any atom is -0.504 e. The van der Waals surface area contributed by atoms with Crippen molar-refractivity contribution in [1.29, 1.82) is 0 Å². The quantitative estimate of drug-likeness (QED) is 0.816. The Labute approximate surface area is 104 Å². The maximum Gasteiger partial charge on any atom is 0.224 e. The predicted molar refractivity (Wildman–Crippen MR) is 66.2 cm³/mol. The lowest BCUT2D eigenvalue weighted by Crippen LogP contribution is -2.13. The maximum atomic E-state index is 11.5. The first kappa shape index (κ1) is 13.1. The van der Waals surface area contributed by atoms with Gasteiger partial charge < -0.3 is 10.4 Å². The summed E-state index contributed by atoms with van der Waals surface area (Å²) in [5.41, 5.74) is 0.239. The van der Waals surface area contributed by atoms with Gasteiger partial charge in [0.2, 0.25) is 5.91 Å². The van der Waals surface area contributed by atoms with Gasteiger partial charge in [0.1, 0.15) is 0 Å². The van der Waals surface area contributed by atoms with E-state index in [0.717, 1.165) is 0 Å². The van der Waals surface area contributed by atoms with Gasteiger partial charge in [0.15, 0.2) is 5.75 Å². The zero-order chi connectivity index (χ0) is 12.3. The summed E-state index contributed by atoms with van der Waals surface area (Å²) in [4.78, 5) is 11.5. The largest absolute Gasteiger partial charge is 0.504 e. The Morgan fingerprint density at radius 2 is 2.06 bits per heavy atom. The third-order valence-electron chi connectivity index (χ3n) is 1.90. The van der Waals surface area contributed by atoms with E-state index in [1.807, 2.05) is 13.8 Å². The van der Waals surface area contributed by atoms with Gasteiger partial charge in [-0.15, -0.1) is 0 Å². The molecule has 88 valence electrons. The van der Waals surface area contributed by atoms with Crippen LogP contribution in [0.15, 0.2) is 12.1 Å². The lowest BCUT2D eigenvalue weighted by molar-refractivity contribution is -0.116. The molecule has 0 bridgehead atoms. The molecule has 0 spiro atoms. The Morgan fingerprint density at radius 3 is 2.62 bits per heavy atom. The monoisotopic (exact) mass is 261 g/mol. The Morgan fingerprint density at radius 1 is 1.44 bits per heavy atom. The topological polar surface area (TPSA) is 49.3 Å². The molecule has 3 nitrogen and oxygen atoms in total. The molecule has 0 radical (unpaired) electrons. The second-order valence-electron chi connectivity index (χ2n) is 3.93. The van der Waals surface area contributed by atoms with Crippen molar-refractivity contribution in [2.24, 2.45) is 5.92 Å². The van der Waals surface area contributed by atoms with E-state index >= 15 is 0 Å². The van der Waals surface area contributed by atoms with Crippen molar-refractivity contribution in [2.45, 2.75) is 20.3 Å². The van der Waals surface area contributed by atoms with E-state index in [1.54, 1.807) is 0 Å². The summed E-state index contributed by atoms with van der Waals surface area (Å²) in [5.74, 6) is -0.0939. The number of anilines is 1. The summed E-state index contributed by atoms with van der Waals surface area (Å²) in [6, 6.07) is 2.87. The van der Waals surface area contributed by atoms with Crippen LogP contribution in [0.5, 0.6) is 5.75 Å². The summed E-state index contributed by atoms with van der Waals surface area (Å²) in [6.07, 6.45) is 0.379. The van der Waals surface area contributed by atoms with E-state index in [9.17, 15) is 9.90 Å². The summed E-state index contributed by atoms with van der Waals surface area (Å²) in [6.45, 7) is 3.87. The van der Waals surface area contributed by atoms with Gasteiger partial charge in [-0.2, -0.15) is 0 Å². The van der Waals surface area contributed by atoms with Gasteiger partial charge in [0.25, 0.3) is 0 Å². The second kappa shape index (κ2) is 5.41. The van der Waals surface area contributed by atoms with Crippen molar-refractivity contribution < 1.29 is 9.90 Å². The molecule has 1 amide bonds. The number of hydrogen-bond acceptors (Lipinski definition) is 2. The van der Waals surface area contributed by atoms with E-state index in [2.05, 4.69) is 5.32 Å². The van der Waals surface area contributed by atoms with Crippen molar-refractivity contribution in [3.63, 3.8) is 0 Å². The van der Waals surface area contributed by atoms with E-state index in [-0.39, 0.29) is 28.3 Å². The molecule has 16 heavy (non-hydrogen) atoms. The number of carbonyl (C=O) groups is 1. The van der Waals surface area contributed by atoms with Gasteiger partial charge in [-0.05, 0) is 18.1 Å². The normalized spacial score (nSPS) is 10.6. The first-order valence-electron chi connectivity index (χ1n) is 4.88. The lowest BCUT2D eigenvalue weighted by Gasteiger charge is -2.10. The first-order chi connectivity index (χ1) is 7.40. The summed E-state index contributed by atoms with van der Waals surface area (Å²) >= 11 is 11.5. The third kappa shape index (κ3) is 3.58. The number of hydrogen-bond donors (Lipinski definition) is 2. The fraction of sp³-hybridized carbons (Fsp3) is 0.364. The smallest absolute Gasteiger partial charge is 0.224 e. The Hall–Kier alpha value is -0.930. The minimum absolute atomic E-state index is 0.118. The van der Waals surface area contributed by atoms with Crippen LogP contribution in [0.1, 0.15) is 20.3 Å². The molecule has 0 saturated heterocycles. The van der Waals surface area contributed by atoms with E-state index in [1.165, 1.54) is 12.1 Å². The van der Waals surface area contributed by atoms with Crippen molar-refractivity contribution in [1.82, 2.24) is 0 Å². The molecular weight excluding hydrogens is 249 g/mol. The zero-order valence-corrected chi connectivity index (χ0v) is 10.6. The number of aromatic hydroxyl groups is 1. The van der Waals surface area contributed by atoms with E-state index < -0.39 is 0 Å². The number of rotatable bonds is 3. The molecule has 0 aliphatic rings. The highest BCUT2D eigenvalue weighted by Crippen LogP contribution is 2.35. The number of benzene rings is 1. The summed E-state index contributed by atoms with van der Waals surface area (Å²) < 4.78 is 0. The summed E-state index contributed by atoms with van der Waals surface area (Å²) in [7, 11) is 0. The number of amides is 1. The van der Waals surface area contributed by atoms with Crippen LogP contribution in [0.25, 0.3) is 0 Å². The number of phenols is 1. The van der Waals surface area contributed by atoms with Crippen LogP contribution in [0.3, 0.4) is 0 Å². The SMILES string of the molecule is CC(C)CC(=O)Nc1cc(Cl)cc(Cl)c1O. The number of phenolic OH excluding ortho intramolecular Hbond substituents is 1. The van der Waals surface area contributed by atoms with Crippen LogP contribution in [0, 0.1) is 5.92 Å². The third-order valence-corrected chi connectivity index (χ3v) is 2.40. The van der Waals surface area contributed by atoms with Crippen molar-refractivity contribution in [2.75, 3.05) is 5.32 Å². The summed E-state index contributed by atoms with van der Waals surface area (Å²) in [5, 5.41) is 12.6. The zero-order valence-electron chi connectivity index (χ0n) is 9.05. The molecule has 1 aromatic carbocycles. The minimum atomic E-state index is -0.177. The number of halogens is 2. The highest BCUT2D eigenvalue weighted by molar-refractivity contribution is 6.36.